The molecule has 0 aromatic heterocycles. The van der Waals surface area contributed by atoms with Crippen LogP contribution in [0.15, 0.2) is 59.5 Å². The van der Waals surface area contributed by atoms with Crippen LogP contribution in [-0.2, 0) is 14.8 Å². The van der Waals surface area contributed by atoms with Crippen molar-refractivity contribution in [3.8, 4) is 5.75 Å². The highest BCUT2D eigenvalue weighted by Gasteiger charge is 2.28. The Bertz CT molecular complexity index is 861. The molecule has 6 nitrogen and oxygen atoms in total. The van der Waals surface area contributed by atoms with E-state index >= 15 is 0 Å². The van der Waals surface area contributed by atoms with Crippen molar-refractivity contribution in [1.82, 2.24) is 5.32 Å². The van der Waals surface area contributed by atoms with Gasteiger partial charge >= 0.3 is 0 Å². The Hall–Kier alpha value is -2.54. The molecule has 27 heavy (non-hydrogen) atoms. The van der Waals surface area contributed by atoms with Gasteiger partial charge in [0.25, 0.3) is 10.0 Å². The van der Waals surface area contributed by atoms with Gasteiger partial charge in [0.15, 0.2) is 0 Å². The first-order chi connectivity index (χ1) is 13.0. The van der Waals surface area contributed by atoms with Crippen molar-refractivity contribution in [2.24, 2.45) is 0 Å². The van der Waals surface area contributed by atoms with Crippen LogP contribution in [0.25, 0.3) is 0 Å². The second-order valence-electron chi connectivity index (χ2n) is 6.57. The quantitative estimate of drug-likeness (QED) is 0.791. The largest absolute Gasteiger partial charge is 0.497 e. The Balaban J connectivity index is 1.89. The van der Waals surface area contributed by atoms with Gasteiger partial charge in [-0.1, -0.05) is 31.0 Å². The first kappa shape index (κ1) is 19.2. The van der Waals surface area contributed by atoms with E-state index in [4.69, 9.17) is 4.74 Å². The number of ether oxygens (including phenoxy) is 1. The van der Waals surface area contributed by atoms with Crippen LogP contribution in [0.2, 0.25) is 0 Å². The lowest BCUT2D eigenvalue weighted by molar-refractivity contribution is -0.120. The molecule has 0 atom stereocenters. The molecule has 1 saturated carbocycles. The van der Waals surface area contributed by atoms with Gasteiger partial charge in [0.2, 0.25) is 5.91 Å². The van der Waals surface area contributed by atoms with Crippen LogP contribution in [-0.4, -0.2) is 34.0 Å². The Morgan fingerprint density at radius 2 is 1.70 bits per heavy atom. The average molecular weight is 388 g/mol. The summed E-state index contributed by atoms with van der Waals surface area (Å²) in [4.78, 5) is 12.7. The summed E-state index contributed by atoms with van der Waals surface area (Å²) >= 11 is 0. The van der Waals surface area contributed by atoms with Gasteiger partial charge in [-0.3, -0.25) is 9.10 Å². The number of anilines is 1. The van der Waals surface area contributed by atoms with Crippen molar-refractivity contribution in [3.63, 3.8) is 0 Å². The van der Waals surface area contributed by atoms with Crippen LogP contribution < -0.4 is 14.4 Å². The maximum atomic E-state index is 13.2. The zero-order chi connectivity index (χ0) is 19.3. The lowest BCUT2D eigenvalue weighted by atomic mass is 10.2. The first-order valence-electron chi connectivity index (χ1n) is 9.02. The van der Waals surface area contributed by atoms with Crippen molar-refractivity contribution >= 4 is 21.6 Å². The summed E-state index contributed by atoms with van der Waals surface area (Å²) in [6, 6.07) is 14.9. The number of hydrogen-bond donors (Lipinski definition) is 1. The van der Waals surface area contributed by atoms with Crippen LogP contribution in [0, 0.1) is 0 Å². The molecular formula is C20H24N2O4S. The number of benzene rings is 2. The van der Waals surface area contributed by atoms with Crippen molar-refractivity contribution in [3.05, 3.63) is 54.6 Å². The molecule has 1 amide bonds. The average Bonchev–Trinajstić information content (AvgIpc) is 3.20. The molecule has 144 valence electrons. The normalized spacial score (nSPS) is 14.7. The van der Waals surface area contributed by atoms with Crippen LogP contribution in [0.4, 0.5) is 5.69 Å². The summed E-state index contributed by atoms with van der Waals surface area (Å²) in [5, 5.41) is 2.96. The fourth-order valence-corrected chi connectivity index (χ4v) is 4.70. The molecule has 0 spiro atoms. The fourth-order valence-electron chi connectivity index (χ4n) is 3.26. The van der Waals surface area contributed by atoms with E-state index in [1.54, 1.807) is 49.6 Å². The van der Waals surface area contributed by atoms with Crippen molar-refractivity contribution in [2.45, 2.75) is 36.6 Å². The van der Waals surface area contributed by atoms with Crippen molar-refractivity contribution < 1.29 is 17.9 Å². The zero-order valence-corrected chi connectivity index (χ0v) is 16.1. The molecule has 0 bridgehead atoms. The molecule has 1 aliphatic carbocycles. The lowest BCUT2D eigenvalue weighted by Gasteiger charge is -2.25. The predicted molar refractivity (Wildman–Crippen MR) is 104 cm³/mol. The van der Waals surface area contributed by atoms with E-state index < -0.39 is 10.0 Å². The molecule has 1 fully saturated rings. The number of rotatable bonds is 7. The van der Waals surface area contributed by atoms with E-state index in [1.807, 2.05) is 0 Å². The van der Waals surface area contributed by atoms with E-state index in [-0.39, 0.29) is 23.4 Å². The number of hydrogen-bond acceptors (Lipinski definition) is 4. The summed E-state index contributed by atoms with van der Waals surface area (Å²) < 4.78 is 32.6. The number of nitrogens with one attached hydrogen (secondary N) is 1. The number of methoxy groups -OCH3 is 1. The topological polar surface area (TPSA) is 75.7 Å². The predicted octanol–water partition coefficient (Wildman–Crippen LogP) is 2.95. The second kappa shape index (κ2) is 8.43. The standard InChI is InChI=1S/C20H24N2O4S/c1-26-18-13-11-17(12-14-18)22(15-20(23)21-16-7-5-6-8-16)27(24,25)19-9-3-2-4-10-19/h2-4,9-14,16H,5-8,15H2,1H3,(H,21,23). The van der Waals surface area contributed by atoms with Crippen LogP contribution in [0.3, 0.4) is 0 Å². The van der Waals surface area contributed by atoms with E-state index in [2.05, 4.69) is 5.32 Å². The molecule has 0 unspecified atom stereocenters. The van der Waals surface area contributed by atoms with E-state index in [0.29, 0.717) is 11.4 Å². The smallest absolute Gasteiger partial charge is 0.264 e. The molecule has 1 N–H and O–H groups in total. The van der Waals surface area contributed by atoms with Gasteiger partial charge in [0.05, 0.1) is 17.7 Å². The van der Waals surface area contributed by atoms with E-state index in [1.165, 1.54) is 12.1 Å². The molecule has 2 aromatic carbocycles. The van der Waals surface area contributed by atoms with Gasteiger partial charge in [-0.15, -0.1) is 0 Å². The molecule has 1 aliphatic rings. The van der Waals surface area contributed by atoms with E-state index in [0.717, 1.165) is 30.0 Å². The maximum Gasteiger partial charge on any atom is 0.264 e. The minimum atomic E-state index is -3.87. The van der Waals surface area contributed by atoms with Gasteiger partial charge < -0.3 is 10.1 Å². The summed E-state index contributed by atoms with van der Waals surface area (Å²) in [5.41, 5.74) is 0.418. The third kappa shape index (κ3) is 4.60. The molecule has 0 saturated heterocycles. The minimum Gasteiger partial charge on any atom is -0.497 e. The number of amides is 1. The van der Waals surface area contributed by atoms with Crippen LogP contribution >= 0.6 is 0 Å². The molecule has 0 heterocycles. The molecule has 7 heteroatoms. The van der Waals surface area contributed by atoms with Crippen LogP contribution in [0.5, 0.6) is 5.75 Å². The summed E-state index contributed by atoms with van der Waals surface area (Å²) in [5.74, 6) is 0.323. The first-order valence-corrected chi connectivity index (χ1v) is 10.5. The highest BCUT2D eigenvalue weighted by atomic mass is 32.2. The lowest BCUT2D eigenvalue weighted by Crippen LogP contribution is -2.43. The van der Waals surface area contributed by atoms with Crippen molar-refractivity contribution in [1.29, 1.82) is 0 Å². The third-order valence-corrected chi connectivity index (χ3v) is 6.49. The number of nitrogens with zero attached hydrogens (tertiary/aromatic N) is 1. The molecule has 0 radical (unpaired) electrons. The summed E-state index contributed by atoms with van der Waals surface area (Å²) in [6.45, 7) is -0.264. The van der Waals surface area contributed by atoms with Gasteiger partial charge in [0, 0.05) is 6.04 Å². The second-order valence-corrected chi connectivity index (χ2v) is 8.43. The third-order valence-electron chi connectivity index (χ3n) is 4.70. The van der Waals surface area contributed by atoms with Gasteiger partial charge in [-0.05, 0) is 49.2 Å². The summed E-state index contributed by atoms with van der Waals surface area (Å²) in [7, 11) is -2.33. The fraction of sp³-hybridized carbons (Fsp3) is 0.350. The minimum absolute atomic E-state index is 0.134. The number of carbonyl (C=O) groups excluding carboxylic acids is 1. The highest BCUT2D eigenvalue weighted by Crippen LogP contribution is 2.26. The molecule has 2 aromatic rings. The van der Waals surface area contributed by atoms with Crippen LogP contribution in [0.1, 0.15) is 25.7 Å². The number of carbonyl (C=O) groups is 1. The maximum absolute atomic E-state index is 13.2. The van der Waals surface area contributed by atoms with Gasteiger partial charge in [0.1, 0.15) is 12.3 Å². The SMILES string of the molecule is COc1ccc(N(CC(=O)NC2CCCC2)S(=O)(=O)c2ccccc2)cc1. The highest BCUT2D eigenvalue weighted by molar-refractivity contribution is 7.92. The zero-order valence-electron chi connectivity index (χ0n) is 15.3. The Labute approximate surface area is 160 Å². The molecular weight excluding hydrogens is 364 g/mol. The number of sulfonamides is 1. The van der Waals surface area contributed by atoms with Gasteiger partial charge in [-0.2, -0.15) is 0 Å². The monoisotopic (exact) mass is 388 g/mol. The molecule has 3 rings (SSSR count). The molecule has 0 aliphatic heterocycles. The Kier molecular flexibility index (Phi) is 6.01. The van der Waals surface area contributed by atoms with Gasteiger partial charge in [-0.25, -0.2) is 8.42 Å². The van der Waals surface area contributed by atoms with E-state index in [9.17, 15) is 13.2 Å². The van der Waals surface area contributed by atoms with Crippen molar-refractivity contribution in [2.75, 3.05) is 18.0 Å². The Morgan fingerprint density at radius 3 is 2.30 bits per heavy atom. The Morgan fingerprint density at radius 1 is 1.07 bits per heavy atom. The summed E-state index contributed by atoms with van der Waals surface area (Å²) in [6.07, 6.45) is 4.07.